The summed E-state index contributed by atoms with van der Waals surface area (Å²) in [7, 11) is 0. The first kappa shape index (κ1) is 18.9. The van der Waals surface area contributed by atoms with Crippen LogP contribution >= 0.6 is 23.4 Å². The number of hydrogen-bond acceptors (Lipinski definition) is 7. The predicted octanol–water partition coefficient (Wildman–Crippen LogP) is 4.46. The third-order valence-corrected chi connectivity index (χ3v) is 4.93. The van der Waals surface area contributed by atoms with E-state index in [0.29, 0.717) is 5.56 Å². The predicted molar refractivity (Wildman–Crippen MR) is 105 cm³/mol. The molecule has 1 aromatic heterocycles. The summed E-state index contributed by atoms with van der Waals surface area (Å²) >= 11 is 7.80. The number of aromatic nitrogens is 1. The van der Waals surface area contributed by atoms with Crippen LogP contribution in [0.5, 0.6) is 0 Å². The van der Waals surface area contributed by atoms with Crippen molar-refractivity contribution in [2.45, 2.75) is 11.5 Å². The zero-order valence-corrected chi connectivity index (χ0v) is 15.7. The number of nitro benzene ring substituents is 1. The molecule has 0 fully saturated rings. The number of anilines is 1. The summed E-state index contributed by atoms with van der Waals surface area (Å²) in [6, 6.07) is 11.4. The lowest BCUT2D eigenvalue weighted by Gasteiger charge is -2.09. The standard InChI is InChI=1S/C18H14ClN3O4S/c1-27-13-4-2-10-6-12(17(19)21-15(10)8-13)9-26-18(23)11-3-5-14(20)16(7-11)22(24)25/h2-8H,9,20H2,1H3. The molecule has 0 unspecified atom stereocenters. The van der Waals surface area contributed by atoms with Crippen molar-refractivity contribution >= 4 is 51.6 Å². The molecule has 0 amide bonds. The Bertz CT molecular complexity index is 1060. The summed E-state index contributed by atoms with van der Waals surface area (Å²) in [4.78, 5) is 27.9. The van der Waals surface area contributed by atoms with Gasteiger partial charge in [-0.3, -0.25) is 10.1 Å². The minimum absolute atomic E-state index is 0.0251. The van der Waals surface area contributed by atoms with Gasteiger partial charge in [0.2, 0.25) is 0 Å². The van der Waals surface area contributed by atoms with Gasteiger partial charge >= 0.3 is 5.97 Å². The number of carbonyl (C=O) groups excluding carboxylic acids is 1. The maximum Gasteiger partial charge on any atom is 0.338 e. The van der Waals surface area contributed by atoms with Crippen molar-refractivity contribution in [1.82, 2.24) is 4.98 Å². The van der Waals surface area contributed by atoms with E-state index in [2.05, 4.69) is 4.98 Å². The lowest BCUT2D eigenvalue weighted by atomic mass is 10.1. The number of nitrogen functional groups attached to an aromatic ring is 1. The van der Waals surface area contributed by atoms with E-state index in [1.165, 1.54) is 12.1 Å². The number of nitrogens with two attached hydrogens (primary N) is 1. The molecule has 2 N–H and O–H groups in total. The normalized spacial score (nSPS) is 10.7. The Morgan fingerprint density at radius 2 is 2.07 bits per heavy atom. The number of nitro groups is 1. The number of esters is 1. The number of pyridine rings is 1. The topological polar surface area (TPSA) is 108 Å². The Morgan fingerprint density at radius 3 is 2.78 bits per heavy atom. The maximum absolute atomic E-state index is 12.2. The van der Waals surface area contributed by atoms with Crippen molar-refractivity contribution in [3.63, 3.8) is 0 Å². The molecule has 0 aliphatic heterocycles. The van der Waals surface area contributed by atoms with Crippen molar-refractivity contribution < 1.29 is 14.5 Å². The molecule has 7 nitrogen and oxygen atoms in total. The molecule has 0 aliphatic rings. The zero-order valence-electron chi connectivity index (χ0n) is 14.1. The smallest absolute Gasteiger partial charge is 0.338 e. The van der Waals surface area contributed by atoms with E-state index < -0.39 is 10.9 Å². The minimum Gasteiger partial charge on any atom is -0.457 e. The largest absolute Gasteiger partial charge is 0.457 e. The molecule has 0 spiro atoms. The first-order valence-corrected chi connectivity index (χ1v) is 9.33. The second kappa shape index (κ2) is 7.81. The summed E-state index contributed by atoms with van der Waals surface area (Å²) in [5.41, 5.74) is 6.48. The van der Waals surface area contributed by atoms with Crippen LogP contribution in [0.3, 0.4) is 0 Å². The fourth-order valence-corrected chi connectivity index (χ4v) is 3.08. The van der Waals surface area contributed by atoms with E-state index in [9.17, 15) is 14.9 Å². The van der Waals surface area contributed by atoms with Crippen molar-refractivity contribution in [3.8, 4) is 0 Å². The number of thioether (sulfide) groups is 1. The molecule has 0 saturated heterocycles. The minimum atomic E-state index is -0.716. The Morgan fingerprint density at radius 1 is 1.30 bits per heavy atom. The van der Waals surface area contributed by atoms with Gasteiger partial charge in [0.1, 0.15) is 17.4 Å². The van der Waals surface area contributed by atoms with Crippen LogP contribution in [0, 0.1) is 10.1 Å². The molecule has 1 heterocycles. The van der Waals surface area contributed by atoms with E-state index in [4.69, 9.17) is 22.1 Å². The summed E-state index contributed by atoms with van der Waals surface area (Å²) in [5, 5.41) is 12.0. The maximum atomic E-state index is 12.2. The summed E-state index contributed by atoms with van der Waals surface area (Å²) in [5.74, 6) is -0.716. The second-order valence-electron chi connectivity index (χ2n) is 5.60. The number of carbonyl (C=O) groups is 1. The second-order valence-corrected chi connectivity index (χ2v) is 6.84. The third-order valence-electron chi connectivity index (χ3n) is 3.87. The van der Waals surface area contributed by atoms with Crippen molar-refractivity contribution in [2.24, 2.45) is 0 Å². The fourth-order valence-electron chi connectivity index (χ4n) is 2.45. The average Bonchev–Trinajstić information content (AvgIpc) is 2.65. The molecular formula is C18H14ClN3O4S. The van der Waals surface area contributed by atoms with E-state index in [1.54, 1.807) is 17.8 Å². The molecular weight excluding hydrogens is 390 g/mol. The van der Waals surface area contributed by atoms with Crippen LogP contribution in [-0.4, -0.2) is 22.1 Å². The van der Waals surface area contributed by atoms with Crippen molar-refractivity contribution in [3.05, 3.63) is 68.9 Å². The van der Waals surface area contributed by atoms with E-state index >= 15 is 0 Å². The number of rotatable bonds is 5. The summed E-state index contributed by atoms with van der Waals surface area (Å²) < 4.78 is 5.23. The van der Waals surface area contributed by atoms with Crippen LogP contribution in [0.25, 0.3) is 10.9 Å². The highest BCUT2D eigenvalue weighted by molar-refractivity contribution is 7.98. The fraction of sp³-hybridized carbons (Fsp3) is 0.111. The molecule has 27 heavy (non-hydrogen) atoms. The molecule has 9 heteroatoms. The molecule has 0 radical (unpaired) electrons. The highest BCUT2D eigenvalue weighted by Crippen LogP contribution is 2.26. The van der Waals surface area contributed by atoms with Crippen LogP contribution in [0.4, 0.5) is 11.4 Å². The van der Waals surface area contributed by atoms with E-state index in [1.807, 2.05) is 24.5 Å². The monoisotopic (exact) mass is 403 g/mol. The number of hydrogen-bond donors (Lipinski definition) is 1. The van der Waals surface area contributed by atoms with Gasteiger partial charge in [-0.05, 0) is 36.6 Å². The quantitative estimate of drug-likeness (QED) is 0.167. The zero-order chi connectivity index (χ0) is 19.6. The first-order valence-electron chi connectivity index (χ1n) is 7.73. The third kappa shape index (κ3) is 4.12. The first-order chi connectivity index (χ1) is 12.9. The van der Waals surface area contributed by atoms with Crippen molar-refractivity contribution in [1.29, 1.82) is 0 Å². The van der Waals surface area contributed by atoms with E-state index in [0.717, 1.165) is 21.9 Å². The van der Waals surface area contributed by atoms with Gasteiger partial charge in [0, 0.05) is 21.9 Å². The van der Waals surface area contributed by atoms with E-state index in [-0.39, 0.29) is 28.7 Å². The highest BCUT2D eigenvalue weighted by Gasteiger charge is 2.17. The van der Waals surface area contributed by atoms with Crippen LogP contribution in [0.15, 0.2) is 47.4 Å². The average molecular weight is 404 g/mol. The number of ether oxygens (including phenoxy) is 1. The van der Waals surface area contributed by atoms with Gasteiger partial charge < -0.3 is 10.5 Å². The number of halogens is 1. The van der Waals surface area contributed by atoms with Gasteiger partial charge in [-0.1, -0.05) is 17.7 Å². The Balaban J connectivity index is 1.80. The van der Waals surface area contributed by atoms with Crippen LogP contribution < -0.4 is 5.73 Å². The summed E-state index contributed by atoms with van der Waals surface area (Å²) in [6.07, 6.45) is 1.97. The van der Waals surface area contributed by atoms with Gasteiger partial charge in [0.15, 0.2) is 0 Å². The highest BCUT2D eigenvalue weighted by atomic mass is 35.5. The Labute approximate surface area is 163 Å². The molecule has 138 valence electrons. The lowest BCUT2D eigenvalue weighted by molar-refractivity contribution is -0.383. The lowest BCUT2D eigenvalue weighted by Crippen LogP contribution is -2.07. The summed E-state index contributed by atoms with van der Waals surface area (Å²) in [6.45, 7) is -0.108. The van der Waals surface area contributed by atoms with Crippen molar-refractivity contribution in [2.75, 3.05) is 12.0 Å². The van der Waals surface area contributed by atoms with Gasteiger partial charge in [-0.25, -0.2) is 9.78 Å². The van der Waals surface area contributed by atoms with Gasteiger partial charge in [0.25, 0.3) is 5.69 Å². The SMILES string of the molecule is CSc1ccc2cc(COC(=O)c3ccc(N)c([N+](=O)[O-])c3)c(Cl)nc2c1. The number of nitrogens with zero attached hydrogens (tertiary/aromatic N) is 2. The molecule has 0 saturated carbocycles. The molecule has 0 atom stereocenters. The Hall–Kier alpha value is -2.84. The Kier molecular flexibility index (Phi) is 5.48. The number of benzene rings is 2. The molecule has 0 bridgehead atoms. The molecule has 2 aromatic carbocycles. The van der Waals surface area contributed by atoms with Crippen LogP contribution in [0.1, 0.15) is 15.9 Å². The number of fused-ring (bicyclic) bond motifs is 1. The molecule has 3 aromatic rings. The van der Waals surface area contributed by atoms with Crippen LogP contribution in [0.2, 0.25) is 5.15 Å². The van der Waals surface area contributed by atoms with Gasteiger partial charge in [-0.15, -0.1) is 11.8 Å². The van der Waals surface area contributed by atoms with Crippen LogP contribution in [-0.2, 0) is 11.3 Å². The van der Waals surface area contributed by atoms with Gasteiger partial charge in [0.05, 0.1) is 16.0 Å². The van der Waals surface area contributed by atoms with Gasteiger partial charge in [-0.2, -0.15) is 0 Å². The molecule has 3 rings (SSSR count). The molecule has 0 aliphatic carbocycles.